The summed E-state index contributed by atoms with van der Waals surface area (Å²) in [4.78, 5) is 19.5. The van der Waals surface area contributed by atoms with E-state index in [1.54, 1.807) is 18.5 Å². The lowest BCUT2D eigenvalue weighted by Crippen LogP contribution is -2.25. The first-order chi connectivity index (χ1) is 8.68. The molecule has 0 aliphatic carbocycles. The second-order valence-electron chi connectivity index (χ2n) is 3.99. The Kier molecular flexibility index (Phi) is 6.90. The zero-order valence-electron chi connectivity index (χ0n) is 10.2. The number of rotatable bonds is 8. The van der Waals surface area contributed by atoms with Gasteiger partial charge in [0.2, 0.25) is 5.91 Å². The average molecular weight is 253 g/mol. The molecule has 0 saturated heterocycles. The summed E-state index contributed by atoms with van der Waals surface area (Å²) in [5.41, 5.74) is 0. The minimum Gasteiger partial charge on any atom is -0.368 e. The van der Waals surface area contributed by atoms with E-state index in [2.05, 4.69) is 15.3 Å². The average Bonchev–Trinajstić information content (AvgIpc) is 2.36. The largest absolute Gasteiger partial charge is 0.368 e. The number of aromatic nitrogens is 2. The van der Waals surface area contributed by atoms with E-state index in [0.717, 1.165) is 0 Å². The molecule has 18 heavy (non-hydrogen) atoms. The van der Waals surface area contributed by atoms with Crippen LogP contribution in [0.15, 0.2) is 18.5 Å². The monoisotopic (exact) mass is 253 g/mol. The summed E-state index contributed by atoms with van der Waals surface area (Å²) in [5, 5.41) is 20.0. The predicted molar refractivity (Wildman–Crippen MR) is 65.4 cm³/mol. The van der Waals surface area contributed by atoms with Crippen LogP contribution < -0.4 is 5.32 Å². The summed E-state index contributed by atoms with van der Waals surface area (Å²) in [7, 11) is 0. The van der Waals surface area contributed by atoms with Gasteiger partial charge in [0.15, 0.2) is 6.29 Å². The maximum absolute atomic E-state index is 11.4. The molecule has 0 bridgehead atoms. The molecule has 0 aliphatic rings. The first kappa shape index (κ1) is 14.5. The van der Waals surface area contributed by atoms with Crippen molar-refractivity contribution >= 4 is 5.91 Å². The number of nitrogens with zero attached hydrogens (tertiary/aromatic N) is 2. The van der Waals surface area contributed by atoms with E-state index in [-0.39, 0.29) is 5.91 Å². The van der Waals surface area contributed by atoms with E-state index in [1.165, 1.54) is 0 Å². The molecule has 6 heteroatoms. The van der Waals surface area contributed by atoms with Crippen LogP contribution in [0.25, 0.3) is 0 Å². The van der Waals surface area contributed by atoms with Crippen LogP contribution in [-0.4, -0.2) is 38.9 Å². The molecular formula is C12H19N3O3. The van der Waals surface area contributed by atoms with E-state index in [4.69, 9.17) is 10.2 Å². The van der Waals surface area contributed by atoms with Gasteiger partial charge in [0, 0.05) is 31.8 Å². The molecule has 1 rings (SSSR count). The molecule has 0 aromatic carbocycles. The van der Waals surface area contributed by atoms with Crippen LogP contribution in [0.5, 0.6) is 0 Å². The maximum Gasteiger partial charge on any atom is 0.220 e. The fraction of sp³-hybridized carbons (Fsp3) is 0.583. The van der Waals surface area contributed by atoms with E-state index in [9.17, 15) is 4.79 Å². The number of carbonyl (C=O) groups excluding carboxylic acids is 1. The van der Waals surface area contributed by atoms with Gasteiger partial charge in [0.05, 0.1) is 0 Å². The van der Waals surface area contributed by atoms with E-state index in [1.807, 2.05) is 0 Å². The molecular weight excluding hydrogens is 234 g/mol. The van der Waals surface area contributed by atoms with Crippen molar-refractivity contribution in [3.8, 4) is 0 Å². The Morgan fingerprint density at radius 1 is 1.28 bits per heavy atom. The molecule has 1 aromatic heterocycles. The van der Waals surface area contributed by atoms with Gasteiger partial charge in [-0.15, -0.1) is 0 Å². The zero-order chi connectivity index (χ0) is 13.2. The van der Waals surface area contributed by atoms with E-state index < -0.39 is 6.29 Å². The lowest BCUT2D eigenvalue weighted by atomic mass is 10.2. The number of aliphatic hydroxyl groups excluding tert-OH is 1. The van der Waals surface area contributed by atoms with Crippen LogP contribution in [0.3, 0.4) is 0 Å². The van der Waals surface area contributed by atoms with Crippen LogP contribution in [0.1, 0.15) is 31.5 Å². The molecule has 6 nitrogen and oxygen atoms in total. The van der Waals surface area contributed by atoms with Gasteiger partial charge in [-0.2, -0.15) is 0 Å². The summed E-state index contributed by atoms with van der Waals surface area (Å²) in [5.74, 6) is 0.680. The number of amides is 1. The number of hydrogen-bond donors (Lipinski definition) is 3. The third-order valence-corrected chi connectivity index (χ3v) is 2.41. The van der Waals surface area contributed by atoms with Crippen LogP contribution in [0.4, 0.5) is 0 Å². The molecule has 1 aromatic rings. The normalized spacial score (nSPS) is 10.6. The summed E-state index contributed by atoms with van der Waals surface area (Å²) < 4.78 is 0. The Hall–Kier alpha value is -1.53. The Morgan fingerprint density at radius 2 is 2.00 bits per heavy atom. The number of hydrogen-bond acceptors (Lipinski definition) is 5. The second kappa shape index (κ2) is 8.54. The number of carbonyl (C=O) groups is 1. The first-order valence-electron chi connectivity index (χ1n) is 6.07. The highest BCUT2D eigenvalue weighted by Crippen LogP contribution is 2.01. The van der Waals surface area contributed by atoms with Crippen molar-refractivity contribution in [1.29, 1.82) is 0 Å². The van der Waals surface area contributed by atoms with E-state index in [0.29, 0.717) is 44.5 Å². The molecule has 0 fully saturated rings. The summed E-state index contributed by atoms with van der Waals surface area (Å²) in [6.45, 7) is 0.519. The Labute approximate surface area is 106 Å². The predicted octanol–water partition coefficient (Wildman–Crippen LogP) is 0.00640. The standard InChI is InChI=1S/C12H19N3O3/c16-11(4-1-2-5-12(17)18)15-9-6-10-13-7-3-8-14-10/h3,7-8,12,17-18H,1-2,4-6,9H2,(H,15,16). The highest BCUT2D eigenvalue weighted by molar-refractivity contribution is 5.75. The van der Waals surface area contributed by atoms with Gasteiger partial charge in [-0.1, -0.05) is 0 Å². The molecule has 0 unspecified atom stereocenters. The van der Waals surface area contributed by atoms with Gasteiger partial charge in [-0.05, 0) is 25.3 Å². The van der Waals surface area contributed by atoms with Crippen LogP contribution in [0.2, 0.25) is 0 Å². The quantitative estimate of drug-likeness (QED) is 0.448. The molecule has 100 valence electrons. The van der Waals surface area contributed by atoms with Gasteiger partial charge in [0.1, 0.15) is 5.82 Å². The zero-order valence-corrected chi connectivity index (χ0v) is 10.2. The smallest absolute Gasteiger partial charge is 0.220 e. The topological polar surface area (TPSA) is 95.3 Å². The highest BCUT2D eigenvalue weighted by atomic mass is 16.5. The van der Waals surface area contributed by atoms with Gasteiger partial charge < -0.3 is 15.5 Å². The molecule has 3 N–H and O–H groups in total. The SMILES string of the molecule is O=C(CCCCC(O)O)NCCc1ncccn1. The molecule has 1 heterocycles. The van der Waals surface area contributed by atoms with Crippen LogP contribution >= 0.6 is 0 Å². The molecule has 0 radical (unpaired) electrons. The first-order valence-corrected chi connectivity index (χ1v) is 6.07. The third-order valence-electron chi connectivity index (χ3n) is 2.41. The van der Waals surface area contributed by atoms with Crippen molar-refractivity contribution in [2.45, 2.75) is 38.4 Å². The van der Waals surface area contributed by atoms with Crippen molar-refractivity contribution in [3.05, 3.63) is 24.3 Å². The van der Waals surface area contributed by atoms with Crippen molar-refractivity contribution in [3.63, 3.8) is 0 Å². The third kappa shape index (κ3) is 6.93. The Bertz CT molecular complexity index is 344. The maximum atomic E-state index is 11.4. The van der Waals surface area contributed by atoms with Crippen LogP contribution in [-0.2, 0) is 11.2 Å². The Morgan fingerprint density at radius 3 is 2.67 bits per heavy atom. The Balaban J connectivity index is 2.03. The minimum absolute atomic E-state index is 0.0293. The lowest BCUT2D eigenvalue weighted by molar-refractivity contribution is -0.121. The molecule has 0 spiro atoms. The van der Waals surface area contributed by atoms with Crippen molar-refractivity contribution < 1.29 is 15.0 Å². The number of nitrogens with one attached hydrogen (secondary N) is 1. The van der Waals surface area contributed by atoms with Gasteiger partial charge in [0.25, 0.3) is 0 Å². The summed E-state index contributed by atoms with van der Waals surface area (Å²) >= 11 is 0. The summed E-state index contributed by atoms with van der Waals surface area (Å²) in [6, 6.07) is 1.75. The van der Waals surface area contributed by atoms with Gasteiger partial charge in [-0.3, -0.25) is 4.79 Å². The molecule has 0 atom stereocenters. The second-order valence-corrected chi connectivity index (χ2v) is 3.99. The fourth-order valence-corrected chi connectivity index (χ4v) is 1.47. The lowest BCUT2D eigenvalue weighted by Gasteiger charge is -2.05. The molecule has 0 aliphatic heterocycles. The van der Waals surface area contributed by atoms with E-state index >= 15 is 0 Å². The minimum atomic E-state index is -1.27. The van der Waals surface area contributed by atoms with Crippen molar-refractivity contribution in [2.75, 3.05) is 6.54 Å². The molecule has 0 saturated carbocycles. The van der Waals surface area contributed by atoms with Crippen molar-refractivity contribution in [1.82, 2.24) is 15.3 Å². The molecule has 1 amide bonds. The summed E-state index contributed by atoms with van der Waals surface area (Å²) in [6.07, 6.45) is 4.69. The van der Waals surface area contributed by atoms with Gasteiger partial charge in [-0.25, -0.2) is 9.97 Å². The fourth-order valence-electron chi connectivity index (χ4n) is 1.47. The van der Waals surface area contributed by atoms with Crippen LogP contribution in [0, 0.1) is 0 Å². The highest BCUT2D eigenvalue weighted by Gasteiger charge is 2.03. The number of unbranched alkanes of at least 4 members (excludes halogenated alkanes) is 1. The van der Waals surface area contributed by atoms with Crippen molar-refractivity contribution in [2.24, 2.45) is 0 Å². The van der Waals surface area contributed by atoms with Gasteiger partial charge >= 0.3 is 0 Å². The number of aliphatic hydroxyl groups is 2.